The standard InChI is InChI=1S/C32H34N4O5.C7H8/c1-21-30(39)36-27(31(40)34-20-28(37)32(41)33-19-24-7-3-2-4-8-24)15-13-22-9-5-11-25(17-22)26-12-6-10-23(18-26)14-16-29(38)35-21;1-7-5-3-2-4-6-7/h2-12,17-18,21,27H,13-16,19-20H2,1H3,(H,33,41)(H,34,40)(H,35,38)(H,36,39);2-6H,1H3/t21-,27?;/m0./s1. The monoisotopic (exact) mass is 646 g/mol. The summed E-state index contributed by atoms with van der Waals surface area (Å²) >= 11 is 0. The first-order valence-corrected chi connectivity index (χ1v) is 16.1. The first-order chi connectivity index (χ1) is 23.2. The number of hydrogen-bond donors (Lipinski definition) is 4. The molecule has 0 radical (unpaired) electrons. The van der Waals surface area contributed by atoms with Gasteiger partial charge in [0.2, 0.25) is 23.5 Å². The molecular weight excluding hydrogens is 604 g/mol. The van der Waals surface area contributed by atoms with Gasteiger partial charge in [-0.2, -0.15) is 0 Å². The van der Waals surface area contributed by atoms with Gasteiger partial charge in [-0.05, 0) is 60.9 Å². The SMILES string of the molecule is C[C@@H]1NC(=O)CCc2cccc(c2)-c2cccc(c2)CCC(C(=O)NCC(=O)C(=O)NCc2ccccc2)NC1=O.Cc1ccccc1. The van der Waals surface area contributed by atoms with Gasteiger partial charge in [-0.25, -0.2) is 0 Å². The summed E-state index contributed by atoms with van der Waals surface area (Å²) in [4.78, 5) is 63.2. The van der Waals surface area contributed by atoms with Gasteiger partial charge in [0.15, 0.2) is 0 Å². The lowest BCUT2D eigenvalue weighted by atomic mass is 9.97. The van der Waals surface area contributed by atoms with Crippen LogP contribution in [-0.2, 0) is 43.4 Å². The molecule has 4 aromatic rings. The molecule has 2 atom stereocenters. The van der Waals surface area contributed by atoms with Crippen LogP contribution in [0.15, 0.2) is 109 Å². The summed E-state index contributed by atoms with van der Waals surface area (Å²) in [6.45, 7) is 3.31. The lowest BCUT2D eigenvalue weighted by molar-refractivity contribution is -0.138. The van der Waals surface area contributed by atoms with E-state index in [1.54, 1.807) is 6.92 Å². The van der Waals surface area contributed by atoms with Crippen LogP contribution in [-0.4, -0.2) is 48.0 Å². The Hall–Kier alpha value is -5.57. The summed E-state index contributed by atoms with van der Waals surface area (Å²) in [7, 11) is 0. The molecule has 0 saturated heterocycles. The van der Waals surface area contributed by atoms with Crippen molar-refractivity contribution in [1.82, 2.24) is 21.3 Å². The van der Waals surface area contributed by atoms with Crippen LogP contribution in [0.3, 0.4) is 0 Å². The van der Waals surface area contributed by atoms with Crippen LogP contribution in [0.25, 0.3) is 11.1 Å². The number of Topliss-reactive ketones (excluding diaryl/α,β-unsaturated/α-hetero) is 1. The van der Waals surface area contributed by atoms with E-state index in [2.05, 4.69) is 46.4 Å². The fraction of sp³-hybridized carbons (Fsp3) is 0.256. The minimum atomic E-state index is -0.984. The van der Waals surface area contributed by atoms with Crippen LogP contribution < -0.4 is 21.3 Å². The maximum Gasteiger partial charge on any atom is 0.289 e. The second-order valence-corrected chi connectivity index (χ2v) is 11.8. The van der Waals surface area contributed by atoms with Crippen molar-refractivity contribution in [3.63, 3.8) is 0 Å². The van der Waals surface area contributed by atoms with Gasteiger partial charge >= 0.3 is 0 Å². The number of nitrogens with one attached hydrogen (secondary N) is 4. The predicted octanol–water partition coefficient (Wildman–Crippen LogP) is 4.22. The van der Waals surface area contributed by atoms with Crippen molar-refractivity contribution in [2.45, 2.75) is 58.2 Å². The number of aryl methyl sites for hydroxylation is 3. The number of hydrogen-bond acceptors (Lipinski definition) is 5. The van der Waals surface area contributed by atoms with Crippen LogP contribution in [0.1, 0.15) is 42.0 Å². The summed E-state index contributed by atoms with van der Waals surface area (Å²) in [5.41, 5.74) is 6.19. The van der Waals surface area contributed by atoms with Crippen molar-refractivity contribution in [2.75, 3.05) is 6.54 Å². The summed E-state index contributed by atoms with van der Waals surface area (Å²) in [6.07, 6.45) is 1.44. The zero-order valence-corrected chi connectivity index (χ0v) is 27.3. The summed E-state index contributed by atoms with van der Waals surface area (Å²) in [5, 5.41) is 10.4. The second-order valence-electron chi connectivity index (χ2n) is 11.8. The molecule has 0 fully saturated rings. The molecule has 0 spiro atoms. The van der Waals surface area contributed by atoms with Crippen LogP contribution >= 0.6 is 0 Å². The maximum absolute atomic E-state index is 13.1. The molecule has 0 saturated carbocycles. The van der Waals surface area contributed by atoms with Crippen LogP contribution in [0.2, 0.25) is 0 Å². The molecule has 1 unspecified atom stereocenters. The van der Waals surface area contributed by atoms with Crippen LogP contribution in [0, 0.1) is 6.92 Å². The molecule has 4 amide bonds. The van der Waals surface area contributed by atoms with Gasteiger partial charge in [0.1, 0.15) is 12.1 Å². The van der Waals surface area contributed by atoms with E-state index in [-0.39, 0.29) is 25.3 Å². The number of carbonyl (C=O) groups excluding carboxylic acids is 5. The van der Waals surface area contributed by atoms with Gasteiger partial charge in [-0.15, -0.1) is 0 Å². The van der Waals surface area contributed by atoms with E-state index in [0.29, 0.717) is 12.8 Å². The molecule has 5 rings (SSSR count). The van der Waals surface area contributed by atoms with Gasteiger partial charge in [-0.3, -0.25) is 24.0 Å². The highest BCUT2D eigenvalue weighted by molar-refractivity contribution is 6.37. The Balaban J connectivity index is 0.000000659. The number of amides is 4. The van der Waals surface area contributed by atoms with E-state index in [4.69, 9.17) is 0 Å². The summed E-state index contributed by atoms with van der Waals surface area (Å²) in [6, 6.07) is 33.5. The average molecular weight is 647 g/mol. The van der Waals surface area contributed by atoms with Gasteiger partial charge in [0.25, 0.3) is 5.91 Å². The highest BCUT2D eigenvalue weighted by Gasteiger charge is 2.25. The highest BCUT2D eigenvalue weighted by atomic mass is 16.2. The fourth-order valence-electron chi connectivity index (χ4n) is 5.11. The third-order valence-corrected chi connectivity index (χ3v) is 7.87. The zero-order valence-electron chi connectivity index (χ0n) is 27.3. The Labute approximate surface area is 281 Å². The van der Waals surface area contributed by atoms with Gasteiger partial charge in [0, 0.05) is 13.0 Å². The molecule has 0 aliphatic carbocycles. The van der Waals surface area contributed by atoms with Crippen molar-refractivity contribution < 1.29 is 24.0 Å². The quantitative estimate of drug-likeness (QED) is 0.233. The van der Waals surface area contributed by atoms with Crippen molar-refractivity contribution in [2.24, 2.45) is 0 Å². The molecule has 248 valence electrons. The Morgan fingerprint density at radius 2 is 1.31 bits per heavy atom. The molecule has 4 aromatic carbocycles. The Bertz CT molecular complexity index is 1710. The van der Waals surface area contributed by atoms with Crippen molar-refractivity contribution >= 4 is 29.4 Å². The smallest absolute Gasteiger partial charge is 0.289 e. The molecule has 9 heteroatoms. The zero-order chi connectivity index (χ0) is 34.3. The number of rotatable bonds is 6. The number of carbonyl (C=O) groups is 5. The molecular formula is C39H42N4O5. The van der Waals surface area contributed by atoms with E-state index in [9.17, 15) is 24.0 Å². The fourth-order valence-corrected chi connectivity index (χ4v) is 5.11. The van der Waals surface area contributed by atoms with E-state index < -0.39 is 42.1 Å². The largest absolute Gasteiger partial charge is 0.347 e. The minimum absolute atomic E-state index is 0.186. The first kappa shape index (κ1) is 35.3. The summed E-state index contributed by atoms with van der Waals surface area (Å²) < 4.78 is 0. The van der Waals surface area contributed by atoms with Crippen molar-refractivity contribution in [3.05, 3.63) is 131 Å². The molecule has 1 aliphatic heterocycles. The highest BCUT2D eigenvalue weighted by Crippen LogP contribution is 2.23. The Morgan fingerprint density at radius 1 is 0.708 bits per heavy atom. The third-order valence-electron chi connectivity index (χ3n) is 7.87. The molecule has 9 nitrogen and oxygen atoms in total. The first-order valence-electron chi connectivity index (χ1n) is 16.1. The lowest BCUT2D eigenvalue weighted by Crippen LogP contribution is -2.53. The molecule has 48 heavy (non-hydrogen) atoms. The molecule has 1 heterocycles. The van der Waals surface area contributed by atoms with Crippen molar-refractivity contribution in [1.29, 1.82) is 0 Å². The number of benzene rings is 4. The molecule has 0 aromatic heterocycles. The van der Waals surface area contributed by atoms with Gasteiger partial charge < -0.3 is 21.3 Å². The molecule has 4 N–H and O–H groups in total. The Morgan fingerprint density at radius 3 is 1.92 bits per heavy atom. The topological polar surface area (TPSA) is 133 Å². The predicted molar refractivity (Wildman–Crippen MR) is 186 cm³/mol. The maximum atomic E-state index is 13.1. The van der Waals surface area contributed by atoms with Gasteiger partial charge in [-0.1, -0.05) is 115 Å². The van der Waals surface area contributed by atoms with Crippen LogP contribution in [0.5, 0.6) is 0 Å². The van der Waals surface area contributed by atoms with E-state index in [1.807, 2.05) is 91.0 Å². The second kappa shape index (κ2) is 17.9. The Kier molecular flexibility index (Phi) is 13.2. The molecule has 1 aliphatic rings. The molecule has 4 bridgehead atoms. The van der Waals surface area contributed by atoms with Crippen molar-refractivity contribution in [3.8, 4) is 11.1 Å². The lowest BCUT2D eigenvalue weighted by Gasteiger charge is -2.21. The summed E-state index contributed by atoms with van der Waals surface area (Å²) in [5.74, 6) is -3.00. The van der Waals surface area contributed by atoms with E-state index in [0.717, 1.165) is 27.8 Å². The van der Waals surface area contributed by atoms with E-state index in [1.165, 1.54) is 5.56 Å². The number of ketones is 1. The number of fused-ring (bicyclic) bond motifs is 5. The van der Waals surface area contributed by atoms with E-state index >= 15 is 0 Å². The van der Waals surface area contributed by atoms with Gasteiger partial charge in [0.05, 0.1) is 6.54 Å². The normalized spacial score (nSPS) is 16.2. The van der Waals surface area contributed by atoms with Crippen LogP contribution in [0.4, 0.5) is 0 Å². The average Bonchev–Trinajstić information content (AvgIpc) is 3.11. The third kappa shape index (κ3) is 11.3. The minimum Gasteiger partial charge on any atom is -0.347 e.